The van der Waals surface area contributed by atoms with Crippen LogP contribution >= 0.6 is 0 Å². The van der Waals surface area contributed by atoms with Crippen LogP contribution in [-0.2, 0) is 16.6 Å². The number of rotatable bonds is 3. The van der Waals surface area contributed by atoms with Gasteiger partial charge in [-0.2, -0.15) is 4.31 Å². The molecule has 0 saturated carbocycles. The number of sulfonamides is 1. The van der Waals surface area contributed by atoms with Crippen LogP contribution in [0.3, 0.4) is 0 Å². The minimum absolute atomic E-state index is 0.282. The molecule has 4 nitrogen and oxygen atoms in total. The van der Waals surface area contributed by atoms with Gasteiger partial charge in [0.15, 0.2) is 0 Å². The zero-order chi connectivity index (χ0) is 15.0. The lowest BCUT2D eigenvalue weighted by atomic mass is 10.2. The van der Waals surface area contributed by atoms with Gasteiger partial charge >= 0.3 is 0 Å². The lowest BCUT2D eigenvalue weighted by Gasteiger charge is -2.26. The van der Waals surface area contributed by atoms with Crippen molar-refractivity contribution >= 4 is 20.9 Å². The topological polar surface area (TPSA) is 50.3 Å². The predicted octanol–water partition coefficient (Wildman–Crippen LogP) is 2.79. The van der Waals surface area contributed by atoms with Crippen LogP contribution in [0, 0.1) is 0 Å². The second-order valence-corrected chi connectivity index (χ2v) is 8.67. The second kappa shape index (κ2) is 5.14. The van der Waals surface area contributed by atoms with Crippen molar-refractivity contribution in [1.82, 2.24) is 9.29 Å². The largest absolute Gasteiger partial charge is 0.251 e. The van der Waals surface area contributed by atoms with E-state index < -0.39 is 14.8 Å². The average molecular weight is 292 g/mol. The van der Waals surface area contributed by atoms with Gasteiger partial charge in [0.1, 0.15) is 0 Å². The fourth-order valence-corrected chi connectivity index (χ4v) is 3.21. The number of fused-ring (bicyclic) bond motifs is 1. The third-order valence-electron chi connectivity index (χ3n) is 3.22. The quantitative estimate of drug-likeness (QED) is 0.874. The summed E-state index contributed by atoms with van der Waals surface area (Å²) < 4.78 is 25.2. The van der Waals surface area contributed by atoms with Gasteiger partial charge in [0, 0.05) is 12.4 Å². The SMILES string of the molecule is CN(Cc1ccc2ccccc2n1)S(=O)(=O)C(C)(C)C. The molecule has 0 bridgehead atoms. The first-order valence-electron chi connectivity index (χ1n) is 6.52. The van der Waals surface area contributed by atoms with E-state index in [2.05, 4.69) is 4.98 Å². The van der Waals surface area contributed by atoms with Gasteiger partial charge in [0.25, 0.3) is 0 Å². The molecule has 0 saturated heterocycles. The van der Waals surface area contributed by atoms with Crippen LogP contribution < -0.4 is 0 Å². The number of pyridine rings is 1. The van der Waals surface area contributed by atoms with Crippen LogP contribution in [0.4, 0.5) is 0 Å². The predicted molar refractivity (Wildman–Crippen MR) is 81.9 cm³/mol. The van der Waals surface area contributed by atoms with Gasteiger partial charge in [-0.3, -0.25) is 4.98 Å². The smallest absolute Gasteiger partial charge is 0.219 e. The Kier molecular flexibility index (Phi) is 3.84. The molecular weight excluding hydrogens is 272 g/mol. The maximum absolute atomic E-state index is 12.3. The molecule has 1 aromatic heterocycles. The zero-order valence-corrected chi connectivity index (χ0v) is 13.1. The molecule has 0 N–H and O–H groups in total. The van der Waals surface area contributed by atoms with E-state index in [1.54, 1.807) is 27.8 Å². The van der Waals surface area contributed by atoms with E-state index in [1.807, 2.05) is 36.4 Å². The van der Waals surface area contributed by atoms with Crippen molar-refractivity contribution in [3.05, 3.63) is 42.1 Å². The highest BCUT2D eigenvalue weighted by molar-refractivity contribution is 7.90. The summed E-state index contributed by atoms with van der Waals surface area (Å²) in [5.74, 6) is 0. The molecule has 1 aromatic carbocycles. The van der Waals surface area contributed by atoms with Gasteiger partial charge in [-0.25, -0.2) is 8.42 Å². The minimum Gasteiger partial charge on any atom is -0.251 e. The lowest BCUT2D eigenvalue weighted by molar-refractivity contribution is 0.438. The zero-order valence-electron chi connectivity index (χ0n) is 12.3. The molecule has 108 valence electrons. The molecule has 0 unspecified atom stereocenters. The Labute approximate surface area is 120 Å². The number of para-hydroxylation sites is 1. The van der Waals surface area contributed by atoms with E-state index >= 15 is 0 Å². The molecule has 0 aliphatic carbocycles. The van der Waals surface area contributed by atoms with Crippen molar-refractivity contribution in [3.63, 3.8) is 0 Å². The molecule has 0 fully saturated rings. The molecule has 0 aliphatic rings. The van der Waals surface area contributed by atoms with Crippen LogP contribution in [0.25, 0.3) is 10.9 Å². The van der Waals surface area contributed by atoms with Gasteiger partial charge in [-0.15, -0.1) is 0 Å². The van der Waals surface area contributed by atoms with Gasteiger partial charge in [0.05, 0.1) is 22.5 Å². The summed E-state index contributed by atoms with van der Waals surface area (Å²) in [6, 6.07) is 11.6. The summed E-state index contributed by atoms with van der Waals surface area (Å²) in [5, 5.41) is 1.05. The molecule has 1 heterocycles. The highest BCUT2D eigenvalue weighted by Gasteiger charge is 2.33. The summed E-state index contributed by atoms with van der Waals surface area (Å²) in [4.78, 5) is 4.50. The molecule has 0 aliphatic heterocycles. The Hall–Kier alpha value is -1.46. The monoisotopic (exact) mass is 292 g/mol. The number of aromatic nitrogens is 1. The van der Waals surface area contributed by atoms with Crippen LogP contribution in [0.2, 0.25) is 0 Å². The van der Waals surface area contributed by atoms with Crippen LogP contribution in [-0.4, -0.2) is 29.5 Å². The molecule has 2 aromatic rings. The number of hydrogen-bond donors (Lipinski definition) is 0. The summed E-state index contributed by atoms with van der Waals surface area (Å²) >= 11 is 0. The van der Waals surface area contributed by atoms with E-state index in [4.69, 9.17) is 0 Å². The van der Waals surface area contributed by atoms with Crippen molar-refractivity contribution < 1.29 is 8.42 Å². The molecule has 0 atom stereocenters. The number of hydrogen-bond acceptors (Lipinski definition) is 3. The number of benzene rings is 1. The van der Waals surface area contributed by atoms with Gasteiger partial charge in [-0.1, -0.05) is 24.3 Å². The van der Waals surface area contributed by atoms with E-state index in [0.717, 1.165) is 16.6 Å². The van der Waals surface area contributed by atoms with Crippen LogP contribution in [0.5, 0.6) is 0 Å². The average Bonchev–Trinajstić information content (AvgIpc) is 2.37. The van der Waals surface area contributed by atoms with Crippen molar-refractivity contribution in [2.45, 2.75) is 32.1 Å². The second-order valence-electron chi connectivity index (χ2n) is 5.87. The van der Waals surface area contributed by atoms with Gasteiger partial charge in [-0.05, 0) is 32.9 Å². The number of nitrogens with zero attached hydrogens (tertiary/aromatic N) is 2. The fourth-order valence-electron chi connectivity index (χ4n) is 1.98. The van der Waals surface area contributed by atoms with Crippen molar-refractivity contribution in [2.75, 3.05) is 7.05 Å². The highest BCUT2D eigenvalue weighted by Crippen LogP contribution is 2.21. The highest BCUT2D eigenvalue weighted by atomic mass is 32.2. The molecule has 0 spiro atoms. The Morgan fingerprint density at radius 1 is 1.10 bits per heavy atom. The molecule has 20 heavy (non-hydrogen) atoms. The standard InChI is InChI=1S/C15H20N2O2S/c1-15(2,3)20(18,19)17(4)11-13-10-9-12-7-5-6-8-14(12)16-13/h5-10H,11H2,1-4H3. The van der Waals surface area contributed by atoms with E-state index in [-0.39, 0.29) is 6.54 Å². The Morgan fingerprint density at radius 3 is 2.40 bits per heavy atom. The molecule has 5 heteroatoms. The summed E-state index contributed by atoms with van der Waals surface area (Å²) in [6.07, 6.45) is 0. The maximum atomic E-state index is 12.3. The molecule has 0 radical (unpaired) electrons. The van der Waals surface area contributed by atoms with Crippen molar-refractivity contribution in [1.29, 1.82) is 0 Å². The van der Waals surface area contributed by atoms with Crippen LogP contribution in [0.1, 0.15) is 26.5 Å². The first kappa shape index (κ1) is 14.9. The van der Waals surface area contributed by atoms with Crippen molar-refractivity contribution in [2.24, 2.45) is 0 Å². The first-order valence-corrected chi connectivity index (χ1v) is 7.96. The summed E-state index contributed by atoms with van der Waals surface area (Å²) in [5.41, 5.74) is 1.63. The van der Waals surface area contributed by atoms with Gasteiger partial charge < -0.3 is 0 Å². The normalized spacial score (nSPS) is 13.1. The summed E-state index contributed by atoms with van der Waals surface area (Å²) in [7, 11) is -1.74. The Morgan fingerprint density at radius 2 is 1.75 bits per heavy atom. The Balaban J connectivity index is 2.28. The lowest BCUT2D eigenvalue weighted by Crippen LogP contribution is -2.40. The first-order chi connectivity index (χ1) is 9.22. The maximum Gasteiger partial charge on any atom is 0.219 e. The summed E-state index contributed by atoms with van der Waals surface area (Å²) in [6.45, 7) is 5.39. The fraction of sp³-hybridized carbons (Fsp3) is 0.400. The van der Waals surface area contributed by atoms with Crippen molar-refractivity contribution in [3.8, 4) is 0 Å². The van der Waals surface area contributed by atoms with E-state index in [0.29, 0.717) is 0 Å². The molecular formula is C15H20N2O2S. The minimum atomic E-state index is -3.33. The van der Waals surface area contributed by atoms with E-state index in [1.165, 1.54) is 4.31 Å². The molecule has 2 rings (SSSR count). The van der Waals surface area contributed by atoms with Gasteiger partial charge in [0.2, 0.25) is 10.0 Å². The Bertz CT molecular complexity index is 718. The molecule has 0 amide bonds. The van der Waals surface area contributed by atoms with Crippen LogP contribution in [0.15, 0.2) is 36.4 Å². The van der Waals surface area contributed by atoms with E-state index in [9.17, 15) is 8.42 Å². The third-order valence-corrected chi connectivity index (χ3v) is 5.72. The third kappa shape index (κ3) is 2.83.